The molecule has 4 rings (SSSR count). The molecule has 1 atom stereocenters. The Labute approximate surface area is 205 Å². The first-order valence-electron chi connectivity index (χ1n) is 11.4. The lowest BCUT2D eigenvalue weighted by atomic mass is 10.1. The monoisotopic (exact) mass is 511 g/mol. The van der Waals surface area contributed by atoms with Gasteiger partial charge in [-0.25, -0.2) is 9.97 Å². The molecule has 2 saturated heterocycles. The van der Waals surface area contributed by atoms with E-state index in [4.69, 9.17) is 4.74 Å². The van der Waals surface area contributed by atoms with Crippen molar-refractivity contribution in [1.82, 2.24) is 20.2 Å². The summed E-state index contributed by atoms with van der Waals surface area (Å²) in [5.41, 5.74) is -1.91. The van der Waals surface area contributed by atoms with Crippen molar-refractivity contribution in [3.05, 3.63) is 28.5 Å². The van der Waals surface area contributed by atoms with Crippen LogP contribution in [0.5, 0.6) is 0 Å². The molecule has 0 radical (unpaired) electrons. The first-order chi connectivity index (χ1) is 16.3. The van der Waals surface area contributed by atoms with Crippen LogP contribution in [0.1, 0.15) is 66.4 Å². The molecular weight excluding hydrogens is 483 g/mol. The highest BCUT2D eigenvalue weighted by Crippen LogP contribution is 2.42. The molecule has 190 valence electrons. The molecule has 0 unspecified atom stereocenters. The van der Waals surface area contributed by atoms with Crippen LogP contribution in [0.4, 0.5) is 19.0 Å². The standard InChI is InChI=1S/C23H28F3N5O3S/c1-12-6-5-7-31(12)21(33)17-18(35-20(29-17)19(32)28-13-10-34-11-13)14-9-27-16(30-22(2,3)4)8-15(14)23(24,25)26/h8-9,12-13H,5-7,10-11H2,1-4H3,(H,27,30)(H,28,32)/t12-/m0/s1. The van der Waals surface area contributed by atoms with Gasteiger partial charge in [-0.2, -0.15) is 13.2 Å². The number of nitrogens with zero attached hydrogens (tertiary/aromatic N) is 3. The number of halogens is 3. The molecule has 8 nitrogen and oxygen atoms in total. The average molecular weight is 512 g/mol. The molecule has 2 amide bonds. The van der Waals surface area contributed by atoms with Gasteiger partial charge in [-0.15, -0.1) is 11.3 Å². The van der Waals surface area contributed by atoms with E-state index in [1.54, 1.807) is 4.90 Å². The second kappa shape index (κ2) is 9.38. The number of carbonyl (C=O) groups is 2. The van der Waals surface area contributed by atoms with Gasteiger partial charge in [0.1, 0.15) is 11.5 Å². The number of nitrogens with one attached hydrogen (secondary N) is 2. The number of aromatic nitrogens is 2. The maximum Gasteiger partial charge on any atom is 0.417 e. The molecular formula is C23H28F3N5O3S. The fourth-order valence-corrected chi connectivity index (χ4v) is 4.99. The van der Waals surface area contributed by atoms with E-state index < -0.39 is 29.1 Å². The Kier molecular flexibility index (Phi) is 6.80. The number of hydrogen-bond acceptors (Lipinski definition) is 7. The highest BCUT2D eigenvalue weighted by Gasteiger charge is 2.38. The predicted octanol–water partition coefficient (Wildman–Crippen LogP) is 4.19. The summed E-state index contributed by atoms with van der Waals surface area (Å²) in [5.74, 6) is -0.981. The van der Waals surface area contributed by atoms with Crippen LogP contribution in [-0.4, -0.2) is 64.1 Å². The molecule has 2 aromatic rings. The van der Waals surface area contributed by atoms with E-state index in [1.165, 1.54) is 0 Å². The van der Waals surface area contributed by atoms with Crippen molar-refractivity contribution in [3.63, 3.8) is 0 Å². The maximum atomic E-state index is 14.2. The molecule has 35 heavy (non-hydrogen) atoms. The molecule has 0 saturated carbocycles. The summed E-state index contributed by atoms with van der Waals surface area (Å²) >= 11 is 0.763. The van der Waals surface area contributed by atoms with Crippen LogP contribution < -0.4 is 10.6 Å². The number of thiazole rings is 1. The Morgan fingerprint density at radius 3 is 2.49 bits per heavy atom. The second-order valence-electron chi connectivity index (χ2n) is 9.88. The van der Waals surface area contributed by atoms with Gasteiger partial charge < -0.3 is 20.3 Å². The number of alkyl halides is 3. The molecule has 2 N–H and O–H groups in total. The van der Waals surface area contributed by atoms with Gasteiger partial charge in [0.25, 0.3) is 11.8 Å². The molecule has 2 aromatic heterocycles. The minimum Gasteiger partial charge on any atom is -0.377 e. The number of carbonyl (C=O) groups excluding carboxylic acids is 2. The van der Waals surface area contributed by atoms with Gasteiger partial charge in [-0.3, -0.25) is 9.59 Å². The van der Waals surface area contributed by atoms with Crippen LogP contribution in [0.2, 0.25) is 0 Å². The van der Waals surface area contributed by atoms with Gasteiger partial charge in [0.05, 0.1) is 29.7 Å². The molecule has 2 fully saturated rings. The summed E-state index contributed by atoms with van der Waals surface area (Å²) in [4.78, 5) is 36.1. The molecule has 0 bridgehead atoms. The van der Waals surface area contributed by atoms with Crippen molar-refractivity contribution in [2.75, 3.05) is 25.1 Å². The SMILES string of the molecule is C[C@H]1CCCN1C(=O)c1nc(C(=O)NC2COC2)sc1-c1cnc(NC(C)(C)C)cc1C(F)(F)F. The highest BCUT2D eigenvalue weighted by molar-refractivity contribution is 7.17. The molecule has 0 spiro atoms. The largest absolute Gasteiger partial charge is 0.417 e. The van der Waals surface area contributed by atoms with Crippen molar-refractivity contribution < 1.29 is 27.5 Å². The maximum absolute atomic E-state index is 14.2. The van der Waals surface area contributed by atoms with Gasteiger partial charge in [0.2, 0.25) is 0 Å². The fourth-order valence-electron chi connectivity index (χ4n) is 4.01. The Morgan fingerprint density at radius 2 is 1.94 bits per heavy atom. The molecule has 0 aliphatic carbocycles. The zero-order chi connectivity index (χ0) is 25.5. The quantitative estimate of drug-likeness (QED) is 0.625. The second-order valence-corrected chi connectivity index (χ2v) is 10.9. The molecule has 2 aliphatic rings. The van der Waals surface area contributed by atoms with Gasteiger partial charge in [-0.1, -0.05) is 0 Å². The third-order valence-corrected chi connectivity index (χ3v) is 6.86. The summed E-state index contributed by atoms with van der Waals surface area (Å²) in [6, 6.07) is 0.668. The summed E-state index contributed by atoms with van der Waals surface area (Å²) in [5, 5.41) is 5.60. The average Bonchev–Trinajstić information content (AvgIpc) is 3.35. The van der Waals surface area contributed by atoms with Crippen LogP contribution in [0.25, 0.3) is 10.4 Å². The first kappa shape index (κ1) is 25.4. The normalized spacial score (nSPS) is 18.9. The lowest BCUT2D eigenvalue weighted by Crippen LogP contribution is -2.48. The number of ether oxygens (including phenoxy) is 1. The predicted molar refractivity (Wildman–Crippen MR) is 126 cm³/mol. The Hall–Kier alpha value is -2.73. The van der Waals surface area contributed by atoms with Gasteiger partial charge in [-0.05, 0) is 46.6 Å². The zero-order valence-corrected chi connectivity index (χ0v) is 20.8. The van der Waals surface area contributed by atoms with Crippen molar-refractivity contribution in [1.29, 1.82) is 0 Å². The van der Waals surface area contributed by atoms with Crippen LogP contribution in [0.3, 0.4) is 0 Å². The molecule has 2 aliphatic heterocycles. The Balaban J connectivity index is 1.80. The van der Waals surface area contributed by atoms with E-state index in [-0.39, 0.29) is 39.0 Å². The van der Waals surface area contributed by atoms with Crippen molar-refractivity contribution >= 4 is 29.0 Å². The zero-order valence-electron chi connectivity index (χ0n) is 20.0. The van der Waals surface area contributed by atoms with Gasteiger partial charge >= 0.3 is 6.18 Å². The molecule has 4 heterocycles. The van der Waals surface area contributed by atoms with Crippen molar-refractivity contribution in [2.45, 2.75) is 64.3 Å². The van der Waals surface area contributed by atoms with E-state index >= 15 is 0 Å². The lowest BCUT2D eigenvalue weighted by molar-refractivity contribution is -0.137. The van der Waals surface area contributed by atoms with Crippen LogP contribution in [-0.2, 0) is 10.9 Å². The topological polar surface area (TPSA) is 96.5 Å². The number of pyridine rings is 1. The van der Waals surface area contributed by atoms with Crippen molar-refractivity contribution in [2.24, 2.45) is 0 Å². The van der Waals surface area contributed by atoms with Crippen LogP contribution in [0.15, 0.2) is 12.3 Å². The third kappa shape index (κ3) is 5.58. The van der Waals surface area contributed by atoms with E-state index in [2.05, 4.69) is 20.6 Å². The number of likely N-dealkylation sites (tertiary alicyclic amines) is 1. The number of rotatable bonds is 5. The minimum absolute atomic E-state index is 0.0220. The van der Waals surface area contributed by atoms with E-state index in [9.17, 15) is 22.8 Å². The minimum atomic E-state index is -4.72. The summed E-state index contributed by atoms with van der Waals surface area (Å²) < 4.78 is 47.6. The van der Waals surface area contributed by atoms with Gasteiger partial charge in [0.15, 0.2) is 5.01 Å². The van der Waals surface area contributed by atoms with Crippen molar-refractivity contribution in [3.8, 4) is 10.4 Å². The third-order valence-electron chi connectivity index (χ3n) is 5.77. The van der Waals surface area contributed by atoms with E-state index in [1.807, 2.05) is 27.7 Å². The lowest BCUT2D eigenvalue weighted by Gasteiger charge is -2.26. The number of anilines is 1. The number of amides is 2. The van der Waals surface area contributed by atoms with E-state index in [0.29, 0.717) is 19.8 Å². The summed E-state index contributed by atoms with van der Waals surface area (Å²) in [6.45, 7) is 8.51. The molecule has 0 aromatic carbocycles. The molecule has 12 heteroatoms. The fraction of sp³-hybridized carbons (Fsp3) is 0.565. The summed E-state index contributed by atoms with van der Waals surface area (Å²) in [6.07, 6.45) is -2.04. The smallest absolute Gasteiger partial charge is 0.377 e. The Morgan fingerprint density at radius 1 is 1.23 bits per heavy atom. The number of hydrogen-bond donors (Lipinski definition) is 2. The van der Waals surface area contributed by atoms with Crippen LogP contribution >= 0.6 is 11.3 Å². The van der Waals surface area contributed by atoms with Crippen LogP contribution in [0, 0.1) is 0 Å². The van der Waals surface area contributed by atoms with Gasteiger partial charge in [0, 0.05) is 29.9 Å². The van der Waals surface area contributed by atoms with E-state index in [0.717, 1.165) is 36.4 Å². The highest BCUT2D eigenvalue weighted by atomic mass is 32.1. The first-order valence-corrected chi connectivity index (χ1v) is 12.2. The summed E-state index contributed by atoms with van der Waals surface area (Å²) in [7, 11) is 0. The Bertz CT molecular complexity index is 1120.